The van der Waals surface area contributed by atoms with Gasteiger partial charge in [-0.15, -0.1) is 0 Å². The minimum atomic E-state index is -3.67. The first-order chi connectivity index (χ1) is 24.8. The highest BCUT2D eigenvalue weighted by molar-refractivity contribution is 7.91. The fraction of sp³-hybridized carbons (Fsp3) is 0.368. The summed E-state index contributed by atoms with van der Waals surface area (Å²) in [5, 5.41) is 22.8. The molecule has 0 fully saturated rings. The summed E-state index contributed by atoms with van der Waals surface area (Å²) < 4.78 is 46.9. The number of aromatic nitrogens is 1. The fourth-order valence-electron chi connectivity index (χ4n) is 5.97. The molecule has 1 unspecified atom stereocenters. The molecule has 3 amide bonds. The van der Waals surface area contributed by atoms with Gasteiger partial charge in [0, 0.05) is 48.3 Å². The molecule has 0 spiro atoms. The Kier molecular flexibility index (Phi) is 12.4. The Hall–Kier alpha value is -5.28. The lowest BCUT2D eigenvalue weighted by atomic mass is 9.93. The van der Waals surface area contributed by atoms with E-state index in [0.717, 1.165) is 17.3 Å². The van der Waals surface area contributed by atoms with Gasteiger partial charge in [-0.1, -0.05) is 32.0 Å². The van der Waals surface area contributed by atoms with E-state index in [-0.39, 0.29) is 52.0 Å². The molecule has 13 nitrogen and oxygen atoms in total. The number of hydrogen-bond acceptors (Lipinski definition) is 10. The summed E-state index contributed by atoms with van der Waals surface area (Å²) in [6.07, 6.45) is -1.72. The quantitative estimate of drug-likeness (QED) is 0.112. The number of aliphatic hydroxyl groups excluding tert-OH is 1. The number of hydrogen-bond donors (Lipinski definition) is 4. The van der Waals surface area contributed by atoms with Gasteiger partial charge in [-0.05, 0) is 92.8 Å². The molecule has 0 aliphatic rings. The number of pyridine rings is 1. The zero-order chi connectivity index (χ0) is 39.4. The van der Waals surface area contributed by atoms with Gasteiger partial charge >= 0.3 is 12.2 Å². The Bertz CT molecular complexity index is 2140. The number of carboxylic acid groups (broad SMARTS) is 1. The monoisotopic (exact) mass is 751 g/mol. The zero-order valence-corrected chi connectivity index (χ0v) is 31.6. The Morgan fingerprint density at radius 3 is 2.36 bits per heavy atom. The number of imide groups is 1. The summed E-state index contributed by atoms with van der Waals surface area (Å²) in [6, 6.07) is 13.0. The number of nitrogen functional groups attached to an aromatic ring is 1. The lowest BCUT2D eigenvalue weighted by Crippen LogP contribution is -2.40. The molecule has 4 rings (SSSR count). The second kappa shape index (κ2) is 16.2. The lowest BCUT2D eigenvalue weighted by molar-refractivity contribution is -0.131. The van der Waals surface area contributed by atoms with Crippen LogP contribution in [-0.2, 0) is 25.9 Å². The SMILES string of the molecule is CCCS(=O)(=O)c1ccc(N)cc1CN(C)C(=O)C(Nc1ccc2c(N(C(=O)O)C(=O)OC(C)(C)C)ncc(F)c2c1)c1ccc([C@@H](C)CO)c(C)c1. The van der Waals surface area contributed by atoms with Crippen molar-refractivity contribution >= 4 is 55.9 Å². The third kappa shape index (κ3) is 9.40. The van der Waals surface area contributed by atoms with Gasteiger partial charge in [-0.2, -0.15) is 4.90 Å². The lowest BCUT2D eigenvalue weighted by Gasteiger charge is -2.27. The maximum absolute atomic E-state index is 15.4. The third-order valence-electron chi connectivity index (χ3n) is 8.46. The van der Waals surface area contributed by atoms with E-state index in [1.54, 1.807) is 39.8 Å². The van der Waals surface area contributed by atoms with E-state index in [4.69, 9.17) is 10.5 Å². The molecule has 15 heteroatoms. The van der Waals surface area contributed by atoms with Crippen molar-refractivity contribution in [2.45, 2.75) is 77.0 Å². The Morgan fingerprint density at radius 2 is 1.75 bits per heavy atom. The van der Waals surface area contributed by atoms with Crippen LogP contribution < -0.4 is 16.0 Å². The van der Waals surface area contributed by atoms with Crippen LogP contribution in [0.25, 0.3) is 10.8 Å². The third-order valence-corrected chi connectivity index (χ3v) is 10.5. The van der Waals surface area contributed by atoms with Crippen LogP contribution in [0.15, 0.2) is 65.7 Å². The summed E-state index contributed by atoms with van der Waals surface area (Å²) in [5.41, 5.74) is 8.16. The molecule has 3 aromatic carbocycles. The number of sulfone groups is 1. The van der Waals surface area contributed by atoms with Gasteiger partial charge < -0.3 is 30.9 Å². The number of nitrogens with zero attached hydrogens (tertiary/aromatic N) is 3. The summed E-state index contributed by atoms with van der Waals surface area (Å²) in [7, 11) is -2.14. The highest BCUT2D eigenvalue weighted by Gasteiger charge is 2.32. The minimum Gasteiger partial charge on any atom is -0.464 e. The van der Waals surface area contributed by atoms with E-state index in [2.05, 4.69) is 10.3 Å². The number of aryl methyl sites for hydroxylation is 1. The van der Waals surface area contributed by atoms with Crippen molar-refractivity contribution in [1.82, 2.24) is 9.88 Å². The van der Waals surface area contributed by atoms with E-state index in [9.17, 15) is 33.0 Å². The highest BCUT2D eigenvalue weighted by Crippen LogP contribution is 2.33. The number of fused-ring (bicyclic) bond motifs is 1. The molecule has 284 valence electrons. The normalized spacial score (nSPS) is 12.9. The van der Waals surface area contributed by atoms with Crippen LogP contribution in [0.1, 0.15) is 75.3 Å². The number of nitrogens with one attached hydrogen (secondary N) is 1. The Balaban J connectivity index is 1.80. The summed E-state index contributed by atoms with van der Waals surface area (Å²) in [6.45, 7) is 10.0. The summed E-state index contributed by atoms with van der Waals surface area (Å²) in [5.74, 6) is -1.91. The second-order valence-corrected chi connectivity index (χ2v) is 16.0. The first-order valence-corrected chi connectivity index (χ1v) is 18.6. The van der Waals surface area contributed by atoms with Gasteiger partial charge in [0.15, 0.2) is 15.7 Å². The first kappa shape index (κ1) is 40.5. The number of nitrogens with two attached hydrogens (primary N) is 1. The molecular formula is C38H46FN5O8S. The van der Waals surface area contributed by atoms with Gasteiger partial charge in [0.1, 0.15) is 17.5 Å². The molecule has 0 radical (unpaired) electrons. The standard InChI is InChI=1S/C38H46FN5O8S/c1-8-15-53(50,51)32-14-10-26(40)17-25(32)20-43(7)35(46)33(24-9-12-28(22(2)16-24)23(3)21-45)42-27-11-13-29-30(18-27)31(39)19-41-34(29)44(36(47)48)37(49)52-38(4,5)6/h9-14,16-19,23,33,42,45H,8,15,20-21,40H2,1-7H3,(H,47,48)/t23-,33?/m0/s1. The molecule has 2 atom stereocenters. The number of ether oxygens (including phenoxy) is 1. The average Bonchev–Trinajstić information content (AvgIpc) is 3.06. The van der Waals surface area contributed by atoms with Crippen molar-refractivity contribution in [1.29, 1.82) is 0 Å². The number of benzene rings is 3. The number of carbonyl (C=O) groups excluding carboxylic acids is 2. The van der Waals surface area contributed by atoms with Crippen molar-refractivity contribution in [2.24, 2.45) is 0 Å². The Morgan fingerprint density at radius 1 is 1.06 bits per heavy atom. The van der Waals surface area contributed by atoms with Crippen LogP contribution in [0.4, 0.5) is 31.2 Å². The molecule has 53 heavy (non-hydrogen) atoms. The molecule has 0 aliphatic carbocycles. The zero-order valence-electron chi connectivity index (χ0n) is 30.8. The fourth-order valence-corrected chi connectivity index (χ4v) is 7.52. The average molecular weight is 752 g/mol. The van der Waals surface area contributed by atoms with E-state index in [1.165, 1.54) is 48.3 Å². The number of carbonyl (C=O) groups is 3. The predicted molar refractivity (Wildman–Crippen MR) is 201 cm³/mol. The molecule has 0 aliphatic heterocycles. The van der Waals surface area contributed by atoms with E-state index in [1.807, 2.05) is 19.9 Å². The number of aliphatic hydroxyl groups is 1. The number of anilines is 3. The largest absolute Gasteiger partial charge is 0.464 e. The summed E-state index contributed by atoms with van der Waals surface area (Å²) in [4.78, 5) is 45.1. The van der Waals surface area contributed by atoms with E-state index >= 15 is 4.39 Å². The van der Waals surface area contributed by atoms with Crippen molar-refractivity contribution in [3.8, 4) is 0 Å². The second-order valence-electron chi connectivity index (χ2n) is 13.9. The van der Waals surface area contributed by atoms with Crippen molar-refractivity contribution < 1.29 is 42.1 Å². The number of likely N-dealkylation sites (N-methyl/N-ethyl adjacent to an activating group) is 1. The topological polar surface area (TPSA) is 192 Å². The maximum Gasteiger partial charge on any atom is 0.425 e. The maximum atomic E-state index is 15.4. The molecular weight excluding hydrogens is 706 g/mol. The van der Waals surface area contributed by atoms with Gasteiger partial charge in [0.25, 0.3) is 0 Å². The predicted octanol–water partition coefficient (Wildman–Crippen LogP) is 6.78. The number of halogens is 1. The van der Waals surface area contributed by atoms with Crippen LogP contribution in [0.2, 0.25) is 0 Å². The first-order valence-electron chi connectivity index (χ1n) is 17.0. The number of amides is 3. The molecule has 1 aromatic heterocycles. The Labute approximate surface area is 308 Å². The minimum absolute atomic E-state index is 0.00974. The van der Waals surface area contributed by atoms with Crippen molar-refractivity contribution in [3.63, 3.8) is 0 Å². The van der Waals surface area contributed by atoms with E-state index in [0.29, 0.717) is 28.1 Å². The van der Waals surface area contributed by atoms with Gasteiger partial charge in [-0.3, -0.25) is 4.79 Å². The molecule has 4 aromatic rings. The van der Waals surface area contributed by atoms with Crippen molar-refractivity contribution in [3.05, 3.63) is 88.9 Å². The van der Waals surface area contributed by atoms with Crippen LogP contribution in [0, 0.1) is 12.7 Å². The molecule has 0 bridgehead atoms. The van der Waals surface area contributed by atoms with Crippen molar-refractivity contribution in [2.75, 3.05) is 35.4 Å². The molecule has 0 saturated heterocycles. The number of rotatable bonds is 12. The molecule has 5 N–H and O–H groups in total. The highest BCUT2D eigenvalue weighted by atomic mass is 32.2. The van der Waals surface area contributed by atoms with Crippen LogP contribution in [0.5, 0.6) is 0 Å². The van der Waals surface area contributed by atoms with Gasteiger partial charge in [0.2, 0.25) is 5.91 Å². The van der Waals surface area contributed by atoms with Gasteiger partial charge in [0.05, 0.1) is 16.8 Å². The van der Waals surface area contributed by atoms with Crippen LogP contribution in [0.3, 0.4) is 0 Å². The molecule has 1 heterocycles. The van der Waals surface area contributed by atoms with Crippen LogP contribution in [-0.4, -0.2) is 71.6 Å². The van der Waals surface area contributed by atoms with Gasteiger partial charge in [-0.25, -0.2) is 27.4 Å². The molecule has 0 saturated carbocycles. The summed E-state index contributed by atoms with van der Waals surface area (Å²) >= 11 is 0. The van der Waals surface area contributed by atoms with E-state index < -0.39 is 45.4 Å². The smallest absolute Gasteiger partial charge is 0.425 e. The van der Waals surface area contributed by atoms with Crippen LogP contribution >= 0.6 is 0 Å².